The predicted molar refractivity (Wildman–Crippen MR) is 148 cm³/mol. The molecule has 39 heavy (non-hydrogen) atoms. The second-order valence-electron chi connectivity index (χ2n) is 11.4. The normalized spacial score (nSPS) is 17.6. The zero-order chi connectivity index (χ0) is 27.3. The Balaban J connectivity index is 1.43. The van der Waals surface area contributed by atoms with Gasteiger partial charge in [0, 0.05) is 38.2 Å². The van der Waals surface area contributed by atoms with Crippen LogP contribution in [0.4, 0.5) is 5.82 Å². The molecule has 2 aliphatic heterocycles. The van der Waals surface area contributed by atoms with E-state index in [1.807, 2.05) is 47.6 Å². The number of para-hydroxylation sites is 2. The molecule has 10 nitrogen and oxygen atoms in total. The smallest absolute Gasteiger partial charge is 0.289 e. The number of morpholine rings is 1. The molecular weight excluding hydrogens is 496 g/mol. The first-order valence-electron chi connectivity index (χ1n) is 13.8. The standard InChI is InChI=1S/C29H36N6O4/c1-18(2)25-30-20-7-5-6-8-22(20)35(25)28-31-21-17-23(27(36)34-11-9-19(10-12-34)29(3,4)37)39-24(21)26(32-28)33-13-15-38-16-14-33/h5-8,17-19,37H,9-16H2,1-4H3. The van der Waals surface area contributed by atoms with E-state index in [4.69, 9.17) is 24.1 Å². The van der Waals surface area contributed by atoms with E-state index in [1.54, 1.807) is 6.07 Å². The summed E-state index contributed by atoms with van der Waals surface area (Å²) in [6, 6.07) is 9.72. The fourth-order valence-corrected chi connectivity index (χ4v) is 5.68. The summed E-state index contributed by atoms with van der Waals surface area (Å²) in [7, 11) is 0. The van der Waals surface area contributed by atoms with Crippen molar-refractivity contribution in [1.29, 1.82) is 0 Å². The molecule has 1 amide bonds. The zero-order valence-corrected chi connectivity index (χ0v) is 23.1. The molecule has 0 spiro atoms. The Morgan fingerprint density at radius 2 is 1.74 bits per heavy atom. The van der Waals surface area contributed by atoms with E-state index < -0.39 is 5.60 Å². The maximum atomic E-state index is 13.5. The van der Waals surface area contributed by atoms with E-state index in [2.05, 4.69) is 18.7 Å². The summed E-state index contributed by atoms with van der Waals surface area (Å²) in [5.74, 6) is 2.45. The van der Waals surface area contributed by atoms with Gasteiger partial charge in [-0.05, 0) is 44.7 Å². The molecule has 0 atom stereocenters. The summed E-state index contributed by atoms with van der Waals surface area (Å²) in [6.07, 6.45) is 1.51. The minimum Gasteiger partial charge on any atom is -0.445 e. The molecule has 2 aliphatic rings. The summed E-state index contributed by atoms with van der Waals surface area (Å²) in [4.78, 5) is 32.3. The quantitative estimate of drug-likeness (QED) is 0.408. The predicted octanol–water partition coefficient (Wildman–Crippen LogP) is 4.14. The molecule has 0 aliphatic carbocycles. The van der Waals surface area contributed by atoms with Gasteiger partial charge in [-0.15, -0.1) is 0 Å². The number of fused-ring (bicyclic) bond motifs is 2. The molecule has 10 heteroatoms. The number of aliphatic hydroxyl groups is 1. The van der Waals surface area contributed by atoms with Gasteiger partial charge in [-0.2, -0.15) is 4.98 Å². The summed E-state index contributed by atoms with van der Waals surface area (Å²) >= 11 is 0. The van der Waals surface area contributed by atoms with Crippen molar-refractivity contribution in [2.45, 2.75) is 52.1 Å². The van der Waals surface area contributed by atoms with Crippen LogP contribution in [-0.4, -0.2) is 80.4 Å². The summed E-state index contributed by atoms with van der Waals surface area (Å²) in [5.41, 5.74) is 2.16. The van der Waals surface area contributed by atoms with Crippen molar-refractivity contribution >= 4 is 33.9 Å². The first kappa shape index (κ1) is 25.8. The molecule has 6 rings (SSSR count). The van der Waals surface area contributed by atoms with Crippen LogP contribution in [0.1, 0.15) is 62.8 Å². The van der Waals surface area contributed by atoms with Crippen LogP contribution in [0.25, 0.3) is 28.1 Å². The van der Waals surface area contributed by atoms with Gasteiger partial charge in [0.15, 0.2) is 17.2 Å². The minimum absolute atomic E-state index is 0.150. The highest BCUT2D eigenvalue weighted by Crippen LogP contribution is 2.33. The van der Waals surface area contributed by atoms with Crippen LogP contribution < -0.4 is 4.90 Å². The molecule has 4 aromatic rings. The van der Waals surface area contributed by atoms with E-state index in [0.29, 0.717) is 62.3 Å². The summed E-state index contributed by atoms with van der Waals surface area (Å²) in [6.45, 7) is 11.6. The summed E-state index contributed by atoms with van der Waals surface area (Å²) < 4.78 is 13.8. The maximum absolute atomic E-state index is 13.5. The Morgan fingerprint density at radius 1 is 1.03 bits per heavy atom. The van der Waals surface area contributed by atoms with Crippen LogP contribution in [0, 0.1) is 5.92 Å². The number of nitrogens with zero attached hydrogens (tertiary/aromatic N) is 6. The van der Waals surface area contributed by atoms with Gasteiger partial charge in [0.2, 0.25) is 5.95 Å². The minimum atomic E-state index is -0.750. The highest BCUT2D eigenvalue weighted by molar-refractivity contribution is 5.97. The van der Waals surface area contributed by atoms with E-state index in [0.717, 1.165) is 29.7 Å². The van der Waals surface area contributed by atoms with E-state index in [-0.39, 0.29) is 23.5 Å². The lowest BCUT2D eigenvalue weighted by atomic mass is 9.83. The van der Waals surface area contributed by atoms with Crippen molar-refractivity contribution < 1.29 is 19.1 Å². The average molecular weight is 533 g/mol. The highest BCUT2D eigenvalue weighted by atomic mass is 16.5. The molecule has 2 fully saturated rings. The van der Waals surface area contributed by atoms with Gasteiger partial charge < -0.3 is 24.1 Å². The van der Waals surface area contributed by atoms with Gasteiger partial charge in [0.25, 0.3) is 5.91 Å². The van der Waals surface area contributed by atoms with Crippen LogP contribution in [-0.2, 0) is 4.74 Å². The number of amides is 1. The molecular formula is C29H36N6O4. The number of ether oxygens (including phenoxy) is 1. The Morgan fingerprint density at radius 3 is 2.44 bits per heavy atom. The Kier molecular flexibility index (Phi) is 6.55. The van der Waals surface area contributed by atoms with E-state index in [9.17, 15) is 9.90 Å². The van der Waals surface area contributed by atoms with Crippen LogP contribution in [0.3, 0.4) is 0 Å². The Hall–Kier alpha value is -3.50. The number of hydrogen-bond donors (Lipinski definition) is 1. The largest absolute Gasteiger partial charge is 0.445 e. The lowest BCUT2D eigenvalue weighted by Crippen LogP contribution is -2.44. The number of carbonyl (C=O) groups excluding carboxylic acids is 1. The molecule has 2 saturated heterocycles. The van der Waals surface area contributed by atoms with Crippen molar-refractivity contribution in [1.82, 2.24) is 24.4 Å². The molecule has 5 heterocycles. The molecule has 0 saturated carbocycles. The van der Waals surface area contributed by atoms with Crippen molar-refractivity contribution in [2.24, 2.45) is 5.92 Å². The number of piperidine rings is 1. The van der Waals surface area contributed by atoms with Gasteiger partial charge in [-0.25, -0.2) is 9.97 Å². The molecule has 206 valence electrons. The van der Waals surface area contributed by atoms with Gasteiger partial charge in [0.05, 0.1) is 29.8 Å². The number of rotatable bonds is 5. The third-order valence-corrected chi connectivity index (χ3v) is 7.95. The number of hydrogen-bond acceptors (Lipinski definition) is 8. The van der Waals surface area contributed by atoms with Crippen molar-refractivity contribution in [3.63, 3.8) is 0 Å². The number of likely N-dealkylation sites (tertiary alicyclic amines) is 1. The monoisotopic (exact) mass is 532 g/mol. The van der Waals surface area contributed by atoms with E-state index in [1.165, 1.54) is 0 Å². The van der Waals surface area contributed by atoms with Gasteiger partial charge in [0.1, 0.15) is 11.3 Å². The Labute approximate surface area is 227 Å². The number of benzene rings is 1. The molecule has 0 bridgehead atoms. The third-order valence-electron chi connectivity index (χ3n) is 7.95. The fourth-order valence-electron chi connectivity index (χ4n) is 5.68. The molecule has 1 N–H and O–H groups in total. The number of carbonyl (C=O) groups is 1. The van der Waals surface area contributed by atoms with Crippen LogP contribution in [0.2, 0.25) is 0 Å². The Bertz CT molecular complexity index is 1500. The highest BCUT2D eigenvalue weighted by Gasteiger charge is 2.33. The number of anilines is 1. The lowest BCUT2D eigenvalue weighted by molar-refractivity contribution is -0.0112. The van der Waals surface area contributed by atoms with Crippen LogP contribution in [0.15, 0.2) is 34.7 Å². The van der Waals surface area contributed by atoms with Gasteiger partial charge >= 0.3 is 0 Å². The lowest BCUT2D eigenvalue weighted by Gasteiger charge is -2.37. The average Bonchev–Trinajstić information content (AvgIpc) is 3.54. The fraction of sp³-hybridized carbons (Fsp3) is 0.517. The SMILES string of the molecule is CC(C)c1nc2ccccc2n1-c1nc(N2CCOCC2)c2oc(C(=O)N3CCC(C(C)(C)O)CC3)cc2n1. The van der Waals surface area contributed by atoms with E-state index >= 15 is 0 Å². The van der Waals surface area contributed by atoms with Crippen LogP contribution in [0.5, 0.6) is 0 Å². The third kappa shape index (κ3) is 4.76. The zero-order valence-electron chi connectivity index (χ0n) is 23.1. The molecule has 3 aromatic heterocycles. The first-order valence-corrected chi connectivity index (χ1v) is 13.8. The van der Waals surface area contributed by atoms with Gasteiger partial charge in [-0.1, -0.05) is 26.0 Å². The number of imidazole rings is 1. The molecule has 0 unspecified atom stereocenters. The first-order chi connectivity index (χ1) is 18.7. The van der Waals surface area contributed by atoms with Crippen molar-refractivity contribution in [2.75, 3.05) is 44.3 Å². The van der Waals surface area contributed by atoms with Gasteiger partial charge in [-0.3, -0.25) is 9.36 Å². The molecule has 0 radical (unpaired) electrons. The number of aromatic nitrogens is 4. The van der Waals surface area contributed by atoms with Crippen molar-refractivity contribution in [3.8, 4) is 5.95 Å². The number of furan rings is 1. The topological polar surface area (TPSA) is 110 Å². The van der Waals surface area contributed by atoms with Crippen LogP contribution >= 0.6 is 0 Å². The molecule has 1 aromatic carbocycles. The summed E-state index contributed by atoms with van der Waals surface area (Å²) in [5, 5.41) is 10.4. The second-order valence-corrected chi connectivity index (χ2v) is 11.4. The van der Waals surface area contributed by atoms with Crippen molar-refractivity contribution in [3.05, 3.63) is 41.9 Å². The second kappa shape index (κ2) is 9.91. The maximum Gasteiger partial charge on any atom is 0.289 e.